The number of nitrogens with zero attached hydrogens (tertiary/aromatic N) is 1. The molecule has 0 spiro atoms. The molecule has 2 heterocycles. The summed E-state index contributed by atoms with van der Waals surface area (Å²) >= 11 is 1.18. The Hall–Kier alpha value is -2.93. The highest BCUT2D eigenvalue weighted by molar-refractivity contribution is 7.21. The molecule has 1 aromatic carbocycles. The van der Waals surface area contributed by atoms with Crippen LogP contribution in [0, 0.1) is 27.7 Å². The number of para-hydroxylation sites is 1. The maximum atomic E-state index is 12.6. The number of nitrogen functional groups attached to an aromatic ring is 1. The number of carbonyl (C=O) groups is 2. The Kier molecular flexibility index (Phi) is 5.38. The molecule has 0 radical (unpaired) electrons. The number of aryl methyl sites for hydroxylation is 4. The molecular formula is C21H23N3O3S. The van der Waals surface area contributed by atoms with E-state index in [0.29, 0.717) is 10.5 Å². The second-order valence-corrected chi connectivity index (χ2v) is 7.91. The summed E-state index contributed by atoms with van der Waals surface area (Å²) in [6, 6.07) is 7.66. The van der Waals surface area contributed by atoms with Gasteiger partial charge in [0.15, 0.2) is 6.10 Å². The van der Waals surface area contributed by atoms with Crippen molar-refractivity contribution < 1.29 is 14.3 Å². The van der Waals surface area contributed by atoms with Gasteiger partial charge in [0.1, 0.15) is 9.71 Å². The monoisotopic (exact) mass is 397 g/mol. The highest BCUT2D eigenvalue weighted by Gasteiger charge is 2.25. The van der Waals surface area contributed by atoms with E-state index in [9.17, 15) is 9.59 Å². The molecule has 0 saturated carbocycles. The number of amides is 1. The Balaban J connectivity index is 1.79. The predicted molar refractivity (Wildman–Crippen MR) is 113 cm³/mol. The van der Waals surface area contributed by atoms with Gasteiger partial charge in [0, 0.05) is 16.8 Å². The van der Waals surface area contributed by atoms with E-state index >= 15 is 0 Å². The second-order valence-electron chi connectivity index (χ2n) is 6.91. The normalized spacial score (nSPS) is 12.0. The molecule has 0 aliphatic carbocycles. The van der Waals surface area contributed by atoms with Crippen molar-refractivity contribution in [1.82, 2.24) is 4.98 Å². The van der Waals surface area contributed by atoms with Crippen LogP contribution in [-0.4, -0.2) is 23.0 Å². The molecule has 0 saturated heterocycles. The van der Waals surface area contributed by atoms with Gasteiger partial charge in [-0.3, -0.25) is 4.79 Å². The van der Waals surface area contributed by atoms with Crippen LogP contribution >= 0.6 is 11.3 Å². The molecule has 7 heteroatoms. The fourth-order valence-corrected chi connectivity index (χ4v) is 4.22. The van der Waals surface area contributed by atoms with Gasteiger partial charge in [-0.05, 0) is 57.4 Å². The molecular weight excluding hydrogens is 374 g/mol. The molecule has 28 heavy (non-hydrogen) atoms. The largest absolute Gasteiger partial charge is 0.448 e. The number of rotatable bonds is 4. The molecule has 0 aliphatic heterocycles. The lowest BCUT2D eigenvalue weighted by molar-refractivity contribution is -0.123. The van der Waals surface area contributed by atoms with Gasteiger partial charge in [-0.15, -0.1) is 11.3 Å². The lowest BCUT2D eigenvalue weighted by atomic mass is 10.1. The first-order valence-electron chi connectivity index (χ1n) is 8.93. The summed E-state index contributed by atoms with van der Waals surface area (Å²) in [5.74, 6) is -1.02. The first kappa shape index (κ1) is 19.8. The van der Waals surface area contributed by atoms with Crippen LogP contribution < -0.4 is 11.1 Å². The predicted octanol–water partition coefficient (Wildman–Crippen LogP) is 4.30. The molecule has 146 valence electrons. The molecule has 3 rings (SSSR count). The molecule has 3 aromatic rings. The average Bonchev–Trinajstić information content (AvgIpc) is 2.94. The van der Waals surface area contributed by atoms with E-state index in [4.69, 9.17) is 10.5 Å². The highest BCUT2D eigenvalue weighted by atomic mass is 32.1. The zero-order valence-corrected chi connectivity index (χ0v) is 17.4. The minimum atomic E-state index is -0.966. The Morgan fingerprint density at radius 2 is 1.79 bits per heavy atom. The summed E-state index contributed by atoms with van der Waals surface area (Å²) in [4.78, 5) is 30.5. The number of hydrogen-bond acceptors (Lipinski definition) is 6. The second kappa shape index (κ2) is 7.59. The number of nitrogens with one attached hydrogen (secondary N) is 1. The van der Waals surface area contributed by atoms with Crippen LogP contribution in [0.4, 0.5) is 11.4 Å². The lowest BCUT2D eigenvalue weighted by Gasteiger charge is -2.16. The Morgan fingerprint density at radius 3 is 2.43 bits per heavy atom. The third kappa shape index (κ3) is 3.71. The standard InChI is InChI=1S/C21H23N3O3S/c1-10-7-6-8-11(2)17(10)24-19(25)14(5)27-21(26)18-16(22)15-12(3)9-13(4)23-20(15)28-18/h6-9,14H,22H2,1-5H3,(H,24,25). The summed E-state index contributed by atoms with van der Waals surface area (Å²) in [6.07, 6.45) is -0.966. The fraction of sp³-hybridized carbons (Fsp3) is 0.286. The van der Waals surface area contributed by atoms with Gasteiger partial charge in [0.25, 0.3) is 5.91 Å². The van der Waals surface area contributed by atoms with Gasteiger partial charge in [-0.1, -0.05) is 18.2 Å². The van der Waals surface area contributed by atoms with Crippen molar-refractivity contribution in [2.45, 2.75) is 40.7 Å². The fourth-order valence-electron chi connectivity index (χ4n) is 3.12. The maximum Gasteiger partial charge on any atom is 0.351 e. The van der Waals surface area contributed by atoms with E-state index in [2.05, 4.69) is 10.3 Å². The first-order chi connectivity index (χ1) is 13.2. The zero-order chi connectivity index (χ0) is 20.6. The van der Waals surface area contributed by atoms with Gasteiger partial charge < -0.3 is 15.8 Å². The van der Waals surface area contributed by atoms with Crippen molar-refractivity contribution in [2.24, 2.45) is 0 Å². The van der Waals surface area contributed by atoms with Crippen molar-refractivity contribution in [3.05, 3.63) is 51.5 Å². The minimum Gasteiger partial charge on any atom is -0.448 e. The number of carbonyl (C=O) groups excluding carboxylic acids is 2. The van der Waals surface area contributed by atoms with Crippen LogP contribution in [0.25, 0.3) is 10.2 Å². The van der Waals surface area contributed by atoms with Crippen molar-refractivity contribution in [3.8, 4) is 0 Å². The number of nitrogens with two attached hydrogens (primary N) is 1. The van der Waals surface area contributed by atoms with E-state index in [-0.39, 0.29) is 4.88 Å². The van der Waals surface area contributed by atoms with Crippen molar-refractivity contribution in [1.29, 1.82) is 0 Å². The van der Waals surface area contributed by atoms with Crippen LogP contribution in [0.5, 0.6) is 0 Å². The van der Waals surface area contributed by atoms with Crippen LogP contribution in [0.1, 0.15) is 39.0 Å². The molecule has 1 atom stereocenters. The van der Waals surface area contributed by atoms with Crippen molar-refractivity contribution in [2.75, 3.05) is 11.1 Å². The SMILES string of the molecule is Cc1cc(C)c2c(N)c(C(=O)OC(C)C(=O)Nc3c(C)cccc3C)sc2n1. The maximum absolute atomic E-state index is 12.6. The lowest BCUT2D eigenvalue weighted by Crippen LogP contribution is -2.30. The third-order valence-electron chi connectivity index (χ3n) is 4.59. The molecule has 1 unspecified atom stereocenters. The van der Waals surface area contributed by atoms with Crippen molar-refractivity contribution >= 4 is 44.8 Å². The van der Waals surface area contributed by atoms with Crippen LogP contribution in [0.2, 0.25) is 0 Å². The zero-order valence-electron chi connectivity index (χ0n) is 16.5. The van der Waals surface area contributed by atoms with Crippen LogP contribution in [-0.2, 0) is 9.53 Å². The van der Waals surface area contributed by atoms with Gasteiger partial charge >= 0.3 is 5.97 Å². The minimum absolute atomic E-state index is 0.267. The van der Waals surface area contributed by atoms with Gasteiger partial charge in [0.2, 0.25) is 0 Å². The van der Waals surface area contributed by atoms with Crippen LogP contribution in [0.15, 0.2) is 24.3 Å². The summed E-state index contributed by atoms with van der Waals surface area (Å²) in [5.41, 5.74) is 10.9. The van der Waals surface area contributed by atoms with Gasteiger partial charge in [0.05, 0.1) is 5.69 Å². The van der Waals surface area contributed by atoms with Crippen molar-refractivity contribution in [3.63, 3.8) is 0 Å². The van der Waals surface area contributed by atoms with Gasteiger partial charge in [-0.2, -0.15) is 0 Å². The summed E-state index contributed by atoms with van der Waals surface area (Å²) in [5, 5.41) is 3.60. The average molecular weight is 398 g/mol. The van der Waals surface area contributed by atoms with E-state index in [1.807, 2.05) is 52.0 Å². The molecule has 2 aromatic heterocycles. The number of benzene rings is 1. The Labute approximate surface area is 167 Å². The van der Waals surface area contributed by atoms with Gasteiger partial charge in [-0.25, -0.2) is 9.78 Å². The molecule has 6 nitrogen and oxygen atoms in total. The molecule has 1 amide bonds. The number of aromatic nitrogens is 1. The summed E-state index contributed by atoms with van der Waals surface area (Å²) < 4.78 is 5.38. The van der Waals surface area contributed by atoms with E-state index in [1.54, 1.807) is 0 Å². The quantitative estimate of drug-likeness (QED) is 0.640. The number of anilines is 2. The summed E-state index contributed by atoms with van der Waals surface area (Å²) in [7, 11) is 0. The van der Waals surface area contributed by atoms with E-state index in [0.717, 1.165) is 33.5 Å². The number of hydrogen-bond donors (Lipinski definition) is 2. The molecule has 3 N–H and O–H groups in total. The highest BCUT2D eigenvalue weighted by Crippen LogP contribution is 2.35. The van der Waals surface area contributed by atoms with Crippen LogP contribution in [0.3, 0.4) is 0 Å². The number of ether oxygens (including phenoxy) is 1. The molecule has 0 bridgehead atoms. The smallest absolute Gasteiger partial charge is 0.351 e. The number of pyridine rings is 1. The molecule has 0 aliphatic rings. The topological polar surface area (TPSA) is 94.3 Å². The van der Waals surface area contributed by atoms with E-state index < -0.39 is 18.0 Å². The third-order valence-corrected chi connectivity index (χ3v) is 5.67. The first-order valence-corrected chi connectivity index (χ1v) is 9.75. The Morgan fingerprint density at radius 1 is 1.14 bits per heavy atom. The Bertz CT molecular complexity index is 1070. The number of thiophene rings is 1. The number of fused-ring (bicyclic) bond motifs is 1. The van der Waals surface area contributed by atoms with E-state index in [1.165, 1.54) is 18.3 Å². The number of esters is 1. The molecule has 0 fully saturated rings. The summed E-state index contributed by atoms with van der Waals surface area (Å²) in [6.45, 7) is 9.18.